The molecule has 1 fully saturated rings. The summed E-state index contributed by atoms with van der Waals surface area (Å²) in [7, 11) is 1.78. The highest BCUT2D eigenvalue weighted by molar-refractivity contribution is 5.67. The zero-order valence-corrected chi connectivity index (χ0v) is 14.4. The fourth-order valence-electron chi connectivity index (χ4n) is 3.01. The van der Waals surface area contributed by atoms with Crippen LogP contribution in [0.4, 0.5) is 4.79 Å². The number of carbonyl (C=O) groups excluding carboxylic acids is 1. The van der Waals surface area contributed by atoms with Crippen molar-refractivity contribution in [3.8, 4) is 0 Å². The second-order valence-corrected chi connectivity index (χ2v) is 7.41. The predicted molar refractivity (Wildman–Crippen MR) is 90.0 cm³/mol. The van der Waals surface area contributed by atoms with Gasteiger partial charge in [0.1, 0.15) is 5.60 Å². The van der Waals surface area contributed by atoms with Crippen LogP contribution in [-0.4, -0.2) is 23.6 Å². The Bertz CT molecular complexity index is 481. The van der Waals surface area contributed by atoms with Gasteiger partial charge in [-0.2, -0.15) is 0 Å². The average Bonchev–Trinajstić information content (AvgIpc) is 2.47. The van der Waals surface area contributed by atoms with Gasteiger partial charge in [0.25, 0.3) is 0 Å². The molecule has 1 amide bonds. The molecule has 0 bridgehead atoms. The topological polar surface area (TPSA) is 29.5 Å². The van der Waals surface area contributed by atoms with Gasteiger partial charge in [0.05, 0.1) is 0 Å². The summed E-state index contributed by atoms with van der Waals surface area (Å²) in [5.41, 5.74) is 2.15. The summed E-state index contributed by atoms with van der Waals surface area (Å²) in [6, 6.07) is 8.75. The molecule has 0 unspecified atom stereocenters. The maximum atomic E-state index is 12.0. The molecule has 3 heteroatoms. The third-order valence-electron chi connectivity index (χ3n) is 4.18. The monoisotopic (exact) mass is 303 g/mol. The van der Waals surface area contributed by atoms with E-state index in [9.17, 15) is 4.79 Å². The summed E-state index contributed by atoms with van der Waals surface area (Å²) in [5.74, 6) is 0.728. The van der Waals surface area contributed by atoms with Gasteiger partial charge in [0.2, 0.25) is 0 Å². The van der Waals surface area contributed by atoms with Crippen molar-refractivity contribution in [1.82, 2.24) is 4.90 Å². The lowest BCUT2D eigenvalue weighted by Crippen LogP contribution is -2.33. The molecular formula is C19H29NO2. The fraction of sp³-hybridized carbons (Fsp3) is 0.632. The maximum Gasteiger partial charge on any atom is 0.410 e. The lowest BCUT2D eigenvalue weighted by Gasteiger charge is -2.25. The van der Waals surface area contributed by atoms with E-state index in [1.807, 2.05) is 20.8 Å². The van der Waals surface area contributed by atoms with Gasteiger partial charge in [0, 0.05) is 13.6 Å². The molecule has 2 rings (SSSR count). The number of benzene rings is 1. The highest BCUT2D eigenvalue weighted by Crippen LogP contribution is 2.32. The van der Waals surface area contributed by atoms with Gasteiger partial charge in [-0.3, -0.25) is 0 Å². The first-order valence-corrected chi connectivity index (χ1v) is 8.38. The summed E-state index contributed by atoms with van der Waals surface area (Å²) in [5, 5.41) is 0. The van der Waals surface area contributed by atoms with Crippen LogP contribution in [0.5, 0.6) is 0 Å². The zero-order chi connectivity index (χ0) is 16.2. The molecule has 0 heterocycles. The number of hydrogen-bond acceptors (Lipinski definition) is 2. The Hall–Kier alpha value is -1.51. The molecule has 1 aliphatic rings. The standard InChI is InChI=1S/C19H29NO2/c1-19(2,3)22-18(21)20(4)14-15-10-12-17(13-11-15)16-8-6-5-7-9-16/h10-13,16H,5-9,14H2,1-4H3. The molecule has 1 aromatic carbocycles. The van der Waals surface area contributed by atoms with E-state index in [1.165, 1.54) is 37.7 Å². The molecule has 0 saturated heterocycles. The SMILES string of the molecule is CN(Cc1ccc(C2CCCCC2)cc1)C(=O)OC(C)(C)C. The molecule has 0 spiro atoms. The Labute approximate surface area is 134 Å². The maximum absolute atomic E-state index is 12.0. The third-order valence-corrected chi connectivity index (χ3v) is 4.18. The number of carbonyl (C=O) groups is 1. The van der Waals surface area contributed by atoms with Crippen LogP contribution in [0.25, 0.3) is 0 Å². The van der Waals surface area contributed by atoms with Crippen molar-refractivity contribution in [3.05, 3.63) is 35.4 Å². The lowest BCUT2D eigenvalue weighted by molar-refractivity contribution is 0.0285. The molecule has 122 valence electrons. The predicted octanol–water partition coefficient (Wildman–Crippen LogP) is 5.10. The van der Waals surface area contributed by atoms with E-state index in [0.717, 1.165) is 11.5 Å². The van der Waals surface area contributed by atoms with Gasteiger partial charge < -0.3 is 9.64 Å². The van der Waals surface area contributed by atoms with Crippen molar-refractivity contribution in [3.63, 3.8) is 0 Å². The minimum atomic E-state index is -0.448. The molecular weight excluding hydrogens is 274 g/mol. The van der Waals surface area contributed by atoms with Gasteiger partial charge in [-0.25, -0.2) is 4.79 Å². The van der Waals surface area contributed by atoms with Crippen molar-refractivity contribution < 1.29 is 9.53 Å². The summed E-state index contributed by atoms with van der Waals surface area (Å²) >= 11 is 0. The van der Waals surface area contributed by atoms with E-state index in [4.69, 9.17) is 4.74 Å². The smallest absolute Gasteiger partial charge is 0.410 e. The number of rotatable bonds is 3. The minimum absolute atomic E-state index is 0.274. The highest BCUT2D eigenvalue weighted by atomic mass is 16.6. The second kappa shape index (κ2) is 7.17. The van der Waals surface area contributed by atoms with Crippen LogP contribution >= 0.6 is 0 Å². The Morgan fingerprint density at radius 2 is 1.73 bits per heavy atom. The van der Waals surface area contributed by atoms with Gasteiger partial charge in [0.15, 0.2) is 0 Å². The zero-order valence-electron chi connectivity index (χ0n) is 14.4. The van der Waals surface area contributed by atoms with Crippen LogP contribution in [0.1, 0.15) is 69.9 Å². The summed E-state index contributed by atoms with van der Waals surface area (Å²) in [4.78, 5) is 13.6. The first-order valence-electron chi connectivity index (χ1n) is 8.38. The quantitative estimate of drug-likeness (QED) is 0.777. The molecule has 1 saturated carbocycles. The van der Waals surface area contributed by atoms with Crippen LogP contribution in [0.2, 0.25) is 0 Å². The third kappa shape index (κ3) is 5.04. The molecule has 0 aromatic heterocycles. The van der Waals surface area contributed by atoms with Gasteiger partial charge in [-0.05, 0) is 50.7 Å². The van der Waals surface area contributed by atoms with Crippen LogP contribution in [0, 0.1) is 0 Å². The van der Waals surface area contributed by atoms with Crippen LogP contribution < -0.4 is 0 Å². The lowest BCUT2D eigenvalue weighted by atomic mass is 9.84. The molecule has 0 N–H and O–H groups in total. The van der Waals surface area contributed by atoms with Crippen molar-refractivity contribution in [2.24, 2.45) is 0 Å². The van der Waals surface area contributed by atoms with E-state index in [1.54, 1.807) is 11.9 Å². The van der Waals surface area contributed by atoms with Crippen LogP contribution in [0.3, 0.4) is 0 Å². The Kier molecular flexibility index (Phi) is 5.49. The van der Waals surface area contributed by atoms with Crippen LogP contribution in [0.15, 0.2) is 24.3 Å². The van der Waals surface area contributed by atoms with Crippen molar-refractivity contribution in [1.29, 1.82) is 0 Å². The van der Waals surface area contributed by atoms with Crippen LogP contribution in [-0.2, 0) is 11.3 Å². The Morgan fingerprint density at radius 1 is 1.14 bits per heavy atom. The second-order valence-electron chi connectivity index (χ2n) is 7.41. The van der Waals surface area contributed by atoms with Gasteiger partial charge >= 0.3 is 6.09 Å². The Balaban J connectivity index is 1.91. The molecule has 0 radical (unpaired) electrons. The van der Waals surface area contributed by atoms with E-state index in [-0.39, 0.29) is 6.09 Å². The molecule has 3 nitrogen and oxygen atoms in total. The minimum Gasteiger partial charge on any atom is -0.444 e. The molecule has 1 aliphatic carbocycles. The fourth-order valence-corrected chi connectivity index (χ4v) is 3.01. The van der Waals surface area contributed by atoms with Gasteiger partial charge in [-0.1, -0.05) is 43.5 Å². The van der Waals surface area contributed by atoms with Crippen molar-refractivity contribution >= 4 is 6.09 Å². The average molecular weight is 303 g/mol. The summed E-state index contributed by atoms with van der Waals surface area (Å²) < 4.78 is 5.38. The largest absolute Gasteiger partial charge is 0.444 e. The van der Waals surface area contributed by atoms with Crippen molar-refractivity contribution in [2.45, 2.75) is 70.9 Å². The molecule has 22 heavy (non-hydrogen) atoms. The highest BCUT2D eigenvalue weighted by Gasteiger charge is 2.20. The summed E-state index contributed by atoms with van der Waals surface area (Å²) in [6.45, 7) is 6.24. The Morgan fingerprint density at radius 3 is 2.27 bits per heavy atom. The number of nitrogens with zero attached hydrogens (tertiary/aromatic N) is 1. The summed E-state index contributed by atoms with van der Waals surface area (Å²) in [6.07, 6.45) is 6.45. The number of amides is 1. The molecule has 0 atom stereocenters. The van der Waals surface area contributed by atoms with E-state index in [2.05, 4.69) is 24.3 Å². The van der Waals surface area contributed by atoms with E-state index >= 15 is 0 Å². The normalized spacial score (nSPS) is 16.4. The van der Waals surface area contributed by atoms with E-state index in [0.29, 0.717) is 6.54 Å². The first-order chi connectivity index (χ1) is 10.3. The van der Waals surface area contributed by atoms with Gasteiger partial charge in [-0.15, -0.1) is 0 Å². The number of ether oxygens (including phenoxy) is 1. The number of hydrogen-bond donors (Lipinski definition) is 0. The van der Waals surface area contributed by atoms with E-state index < -0.39 is 5.60 Å². The molecule has 0 aliphatic heterocycles. The molecule has 1 aromatic rings. The van der Waals surface area contributed by atoms with Crippen molar-refractivity contribution in [2.75, 3.05) is 7.05 Å². The first kappa shape index (κ1) is 16.9.